The molecular weight excluding hydrogens is 366 g/mol. The largest absolute Gasteiger partial charge is 0.487 e. The Morgan fingerprint density at radius 1 is 1.25 bits per heavy atom. The number of benzene rings is 1. The van der Waals surface area contributed by atoms with Crippen molar-refractivity contribution in [1.29, 1.82) is 0 Å². The van der Waals surface area contributed by atoms with Crippen molar-refractivity contribution < 1.29 is 23.0 Å². The summed E-state index contributed by atoms with van der Waals surface area (Å²) in [5.74, 6) is 0.145. The number of alkyl carbamates (subject to hydrolysis) is 1. The van der Waals surface area contributed by atoms with Crippen LogP contribution in [-0.4, -0.2) is 29.8 Å². The number of aromatic nitrogens is 1. The van der Waals surface area contributed by atoms with Gasteiger partial charge in [-0.1, -0.05) is 0 Å². The van der Waals surface area contributed by atoms with E-state index in [0.29, 0.717) is 17.8 Å². The lowest BCUT2D eigenvalue weighted by molar-refractivity contribution is 0.0531. The summed E-state index contributed by atoms with van der Waals surface area (Å²) in [7, 11) is 0. The summed E-state index contributed by atoms with van der Waals surface area (Å²) >= 11 is 0. The fourth-order valence-corrected chi connectivity index (χ4v) is 2.33. The summed E-state index contributed by atoms with van der Waals surface area (Å²) in [6, 6.07) is 7.81. The molecule has 1 amide bonds. The molecule has 7 heteroatoms. The summed E-state index contributed by atoms with van der Waals surface area (Å²) in [4.78, 5) is 16.0. The number of pyridine rings is 1. The van der Waals surface area contributed by atoms with Crippen LogP contribution < -0.4 is 10.1 Å². The number of nitrogens with one attached hydrogen (secondary N) is 1. The molecule has 28 heavy (non-hydrogen) atoms. The minimum absolute atomic E-state index is 0.0362. The lowest BCUT2D eigenvalue weighted by Crippen LogP contribution is -2.34. The third kappa shape index (κ3) is 6.64. The number of nitrogens with zero attached hydrogens (tertiary/aromatic N) is 1. The third-order valence-corrected chi connectivity index (χ3v) is 3.61. The van der Waals surface area contributed by atoms with Crippen molar-refractivity contribution in [3.8, 4) is 17.0 Å². The number of amides is 1. The normalized spacial score (nSPS) is 11.9. The van der Waals surface area contributed by atoms with Gasteiger partial charge in [-0.05, 0) is 63.6 Å². The Kier molecular flexibility index (Phi) is 7.09. The van der Waals surface area contributed by atoms with Gasteiger partial charge in [-0.3, -0.25) is 4.98 Å². The topological polar surface area (TPSA) is 60.5 Å². The molecular formula is C21H24F2N2O3. The summed E-state index contributed by atoms with van der Waals surface area (Å²) in [5, 5.41) is 2.48. The Bertz CT molecular complexity index is 844. The van der Waals surface area contributed by atoms with Gasteiger partial charge in [0.05, 0.1) is 18.2 Å². The second-order valence-corrected chi connectivity index (χ2v) is 7.25. The van der Waals surface area contributed by atoms with Crippen LogP contribution in [0.1, 0.15) is 26.3 Å². The average Bonchev–Trinajstić information content (AvgIpc) is 2.61. The maximum absolute atomic E-state index is 13.1. The zero-order valence-corrected chi connectivity index (χ0v) is 16.4. The van der Waals surface area contributed by atoms with Crippen LogP contribution in [0.15, 0.2) is 48.4 Å². The Labute approximate surface area is 163 Å². The van der Waals surface area contributed by atoms with E-state index in [9.17, 15) is 13.6 Å². The van der Waals surface area contributed by atoms with Crippen molar-refractivity contribution in [2.24, 2.45) is 0 Å². The Morgan fingerprint density at radius 3 is 2.50 bits per heavy atom. The van der Waals surface area contributed by atoms with E-state index in [1.165, 1.54) is 18.3 Å². The highest BCUT2D eigenvalue weighted by atomic mass is 19.1. The fraction of sp³-hybridized carbons (Fsp3) is 0.333. The highest BCUT2D eigenvalue weighted by molar-refractivity contribution is 5.68. The van der Waals surface area contributed by atoms with Gasteiger partial charge in [0, 0.05) is 17.7 Å². The first kappa shape index (κ1) is 21.3. The third-order valence-electron chi connectivity index (χ3n) is 3.61. The standard InChI is InChI=1S/C21H24F2N2O3/c1-14-9-18(12-24-19(14)16-5-7-17(23)8-6-16)27-13-15(10-22)11-25-20(26)28-21(2,3)4/h5-10,12H,11,13H2,1-4H3,(H,25,26). The molecule has 5 nitrogen and oxygen atoms in total. The molecule has 0 aliphatic carbocycles. The Hall–Kier alpha value is -2.96. The summed E-state index contributed by atoms with van der Waals surface area (Å²) in [6.45, 7) is 6.99. The number of hydrogen-bond donors (Lipinski definition) is 1. The van der Waals surface area contributed by atoms with Crippen molar-refractivity contribution in [1.82, 2.24) is 10.3 Å². The van der Waals surface area contributed by atoms with E-state index < -0.39 is 11.7 Å². The highest BCUT2D eigenvalue weighted by Crippen LogP contribution is 2.24. The molecule has 0 unspecified atom stereocenters. The van der Waals surface area contributed by atoms with Gasteiger partial charge in [-0.2, -0.15) is 0 Å². The van der Waals surface area contributed by atoms with E-state index in [0.717, 1.165) is 11.1 Å². The van der Waals surface area contributed by atoms with Crippen LogP contribution in [0.3, 0.4) is 0 Å². The number of carbonyl (C=O) groups is 1. The van der Waals surface area contributed by atoms with Crippen LogP contribution in [-0.2, 0) is 4.74 Å². The summed E-state index contributed by atoms with van der Waals surface area (Å²) in [5.41, 5.74) is 1.94. The number of rotatable bonds is 6. The predicted molar refractivity (Wildman–Crippen MR) is 103 cm³/mol. The molecule has 0 bridgehead atoms. The van der Waals surface area contributed by atoms with E-state index in [1.807, 2.05) is 6.92 Å². The molecule has 0 aliphatic rings. The first-order chi connectivity index (χ1) is 13.2. The van der Waals surface area contributed by atoms with Crippen LogP contribution in [0, 0.1) is 12.7 Å². The van der Waals surface area contributed by atoms with E-state index in [2.05, 4.69) is 10.3 Å². The number of ether oxygens (including phenoxy) is 2. The van der Waals surface area contributed by atoms with Crippen molar-refractivity contribution >= 4 is 6.09 Å². The molecule has 1 aromatic heterocycles. The molecule has 0 atom stereocenters. The zero-order chi connectivity index (χ0) is 20.7. The van der Waals surface area contributed by atoms with Crippen LogP contribution in [0.25, 0.3) is 11.3 Å². The van der Waals surface area contributed by atoms with Gasteiger partial charge in [0.2, 0.25) is 0 Å². The Balaban J connectivity index is 1.93. The monoisotopic (exact) mass is 390 g/mol. The molecule has 2 aromatic rings. The molecule has 0 fully saturated rings. The summed E-state index contributed by atoms with van der Waals surface area (Å²) < 4.78 is 36.8. The lowest BCUT2D eigenvalue weighted by atomic mass is 10.1. The molecule has 0 aliphatic heterocycles. The van der Waals surface area contributed by atoms with Crippen LogP contribution in [0.5, 0.6) is 5.75 Å². The van der Waals surface area contributed by atoms with E-state index in [-0.39, 0.29) is 24.5 Å². The van der Waals surface area contributed by atoms with Crippen molar-refractivity contribution in [3.63, 3.8) is 0 Å². The van der Waals surface area contributed by atoms with Crippen LogP contribution in [0.2, 0.25) is 0 Å². The molecule has 0 saturated carbocycles. The minimum atomic E-state index is -0.631. The molecule has 150 valence electrons. The molecule has 2 rings (SSSR count). The van der Waals surface area contributed by atoms with E-state index >= 15 is 0 Å². The van der Waals surface area contributed by atoms with Gasteiger partial charge >= 0.3 is 6.09 Å². The molecule has 1 aromatic carbocycles. The van der Waals surface area contributed by atoms with Gasteiger partial charge in [0.25, 0.3) is 0 Å². The van der Waals surface area contributed by atoms with Gasteiger partial charge in [0.15, 0.2) is 0 Å². The molecule has 0 saturated heterocycles. The van der Waals surface area contributed by atoms with E-state index in [4.69, 9.17) is 9.47 Å². The summed E-state index contributed by atoms with van der Waals surface area (Å²) in [6.07, 6.45) is 1.28. The minimum Gasteiger partial charge on any atom is -0.487 e. The smallest absolute Gasteiger partial charge is 0.407 e. The molecule has 1 N–H and O–H groups in total. The second kappa shape index (κ2) is 9.30. The second-order valence-electron chi connectivity index (χ2n) is 7.25. The quantitative estimate of drug-likeness (QED) is 0.758. The van der Waals surface area contributed by atoms with Crippen molar-refractivity contribution in [2.75, 3.05) is 13.2 Å². The first-order valence-electron chi connectivity index (χ1n) is 8.78. The van der Waals surface area contributed by atoms with Gasteiger partial charge in [-0.15, -0.1) is 0 Å². The number of carbonyl (C=O) groups excluding carboxylic acids is 1. The molecule has 0 spiro atoms. The van der Waals surface area contributed by atoms with Crippen LogP contribution in [0.4, 0.5) is 13.6 Å². The first-order valence-corrected chi connectivity index (χ1v) is 8.78. The predicted octanol–water partition coefficient (Wildman–Crippen LogP) is 4.95. The zero-order valence-electron chi connectivity index (χ0n) is 16.4. The highest BCUT2D eigenvalue weighted by Gasteiger charge is 2.16. The van der Waals surface area contributed by atoms with Gasteiger partial charge in [0.1, 0.15) is 23.8 Å². The fourth-order valence-electron chi connectivity index (χ4n) is 2.33. The Morgan fingerprint density at radius 2 is 1.93 bits per heavy atom. The number of aryl methyl sites for hydroxylation is 1. The van der Waals surface area contributed by atoms with Crippen molar-refractivity contribution in [3.05, 3.63) is 59.8 Å². The van der Waals surface area contributed by atoms with Gasteiger partial charge < -0.3 is 14.8 Å². The molecule has 0 radical (unpaired) electrons. The van der Waals surface area contributed by atoms with Crippen LogP contribution >= 0.6 is 0 Å². The van der Waals surface area contributed by atoms with Gasteiger partial charge in [-0.25, -0.2) is 13.6 Å². The number of halogens is 2. The van der Waals surface area contributed by atoms with Crippen molar-refractivity contribution in [2.45, 2.75) is 33.3 Å². The maximum Gasteiger partial charge on any atom is 0.407 e. The SMILES string of the molecule is Cc1cc(OCC(=CF)CNC(=O)OC(C)(C)C)cnc1-c1ccc(F)cc1. The lowest BCUT2D eigenvalue weighted by Gasteiger charge is -2.20. The maximum atomic E-state index is 13.1. The molecule has 1 heterocycles. The average molecular weight is 390 g/mol. The van der Waals surface area contributed by atoms with E-state index in [1.54, 1.807) is 39.0 Å². The number of hydrogen-bond acceptors (Lipinski definition) is 4.